The summed E-state index contributed by atoms with van der Waals surface area (Å²) in [5.74, 6) is 0.378. The molecule has 0 amide bonds. The summed E-state index contributed by atoms with van der Waals surface area (Å²) in [7, 11) is 0. The SMILES string of the molecule is C=CCOC1CCC(=O)CC1. The minimum absolute atomic E-state index is 0.297. The van der Waals surface area contributed by atoms with E-state index in [1.807, 2.05) is 0 Å². The van der Waals surface area contributed by atoms with Crippen molar-refractivity contribution in [3.63, 3.8) is 0 Å². The molecule has 0 spiro atoms. The van der Waals surface area contributed by atoms with Gasteiger partial charge in [-0.05, 0) is 12.8 Å². The summed E-state index contributed by atoms with van der Waals surface area (Å²) in [5.41, 5.74) is 0. The molecule has 0 bridgehead atoms. The molecule has 62 valence electrons. The van der Waals surface area contributed by atoms with Crippen LogP contribution in [-0.4, -0.2) is 18.5 Å². The van der Waals surface area contributed by atoms with E-state index in [0.717, 1.165) is 12.8 Å². The molecule has 0 heterocycles. The molecule has 1 aliphatic carbocycles. The average Bonchev–Trinajstić information content (AvgIpc) is 2.04. The van der Waals surface area contributed by atoms with Crippen molar-refractivity contribution in [3.05, 3.63) is 12.7 Å². The summed E-state index contributed by atoms with van der Waals surface area (Å²) < 4.78 is 5.41. The highest BCUT2D eigenvalue weighted by molar-refractivity contribution is 5.79. The first-order valence-corrected chi connectivity index (χ1v) is 4.07. The molecular weight excluding hydrogens is 140 g/mol. The second-order valence-corrected chi connectivity index (χ2v) is 2.86. The van der Waals surface area contributed by atoms with E-state index in [1.165, 1.54) is 0 Å². The van der Waals surface area contributed by atoms with Crippen molar-refractivity contribution in [2.45, 2.75) is 31.8 Å². The monoisotopic (exact) mass is 154 g/mol. The van der Waals surface area contributed by atoms with E-state index < -0.39 is 0 Å². The second kappa shape index (κ2) is 4.29. The van der Waals surface area contributed by atoms with E-state index in [1.54, 1.807) is 6.08 Å². The lowest BCUT2D eigenvalue weighted by molar-refractivity contribution is -0.122. The molecule has 2 heteroatoms. The molecule has 0 aromatic heterocycles. The lowest BCUT2D eigenvalue weighted by Gasteiger charge is -2.20. The Bertz CT molecular complexity index is 139. The smallest absolute Gasteiger partial charge is 0.133 e. The normalized spacial score (nSPS) is 20.2. The van der Waals surface area contributed by atoms with E-state index in [0.29, 0.717) is 31.3 Å². The summed E-state index contributed by atoms with van der Waals surface area (Å²) in [6.45, 7) is 4.18. The molecule has 1 rings (SSSR count). The predicted molar refractivity (Wildman–Crippen MR) is 43.4 cm³/mol. The van der Waals surface area contributed by atoms with E-state index in [9.17, 15) is 4.79 Å². The van der Waals surface area contributed by atoms with Crippen LogP contribution in [0.25, 0.3) is 0 Å². The van der Waals surface area contributed by atoms with Gasteiger partial charge in [-0.2, -0.15) is 0 Å². The summed E-state index contributed by atoms with van der Waals surface area (Å²) in [4.78, 5) is 10.8. The molecule has 0 aliphatic heterocycles. The number of hydrogen-bond donors (Lipinski definition) is 0. The molecule has 0 aromatic carbocycles. The Morgan fingerprint density at radius 1 is 1.55 bits per heavy atom. The molecule has 0 N–H and O–H groups in total. The zero-order valence-corrected chi connectivity index (χ0v) is 6.71. The lowest BCUT2D eigenvalue weighted by atomic mass is 9.97. The molecule has 11 heavy (non-hydrogen) atoms. The molecule has 1 aliphatic rings. The summed E-state index contributed by atoms with van der Waals surface area (Å²) in [6.07, 6.45) is 5.23. The van der Waals surface area contributed by atoms with E-state index in [-0.39, 0.29) is 0 Å². The Hall–Kier alpha value is -0.630. The van der Waals surface area contributed by atoms with Crippen molar-refractivity contribution in [1.29, 1.82) is 0 Å². The minimum Gasteiger partial charge on any atom is -0.374 e. The topological polar surface area (TPSA) is 26.3 Å². The summed E-state index contributed by atoms with van der Waals surface area (Å²) in [6, 6.07) is 0. The zero-order valence-electron chi connectivity index (χ0n) is 6.71. The van der Waals surface area contributed by atoms with Gasteiger partial charge in [0.05, 0.1) is 12.7 Å². The van der Waals surface area contributed by atoms with Gasteiger partial charge in [0.1, 0.15) is 5.78 Å². The van der Waals surface area contributed by atoms with Gasteiger partial charge in [0.15, 0.2) is 0 Å². The van der Waals surface area contributed by atoms with Crippen LogP contribution in [0.2, 0.25) is 0 Å². The largest absolute Gasteiger partial charge is 0.374 e. The number of rotatable bonds is 3. The van der Waals surface area contributed by atoms with Crippen LogP contribution in [0, 0.1) is 0 Å². The molecule has 2 nitrogen and oxygen atoms in total. The highest BCUT2D eigenvalue weighted by Crippen LogP contribution is 2.17. The van der Waals surface area contributed by atoms with Crippen LogP contribution < -0.4 is 0 Å². The molecule has 1 fully saturated rings. The minimum atomic E-state index is 0.297. The van der Waals surface area contributed by atoms with Crippen molar-refractivity contribution in [1.82, 2.24) is 0 Å². The third-order valence-electron chi connectivity index (χ3n) is 1.94. The summed E-state index contributed by atoms with van der Waals surface area (Å²) >= 11 is 0. The van der Waals surface area contributed by atoms with Crippen LogP contribution in [0.15, 0.2) is 12.7 Å². The number of ether oxygens (including phenoxy) is 1. The number of ketones is 1. The van der Waals surface area contributed by atoms with Gasteiger partial charge in [-0.15, -0.1) is 6.58 Å². The van der Waals surface area contributed by atoms with Gasteiger partial charge in [0.2, 0.25) is 0 Å². The van der Waals surface area contributed by atoms with E-state index in [2.05, 4.69) is 6.58 Å². The highest BCUT2D eigenvalue weighted by atomic mass is 16.5. The van der Waals surface area contributed by atoms with Crippen LogP contribution in [0.3, 0.4) is 0 Å². The molecule has 0 atom stereocenters. The Kier molecular flexibility index (Phi) is 3.30. The van der Waals surface area contributed by atoms with Gasteiger partial charge in [-0.3, -0.25) is 4.79 Å². The maximum atomic E-state index is 10.8. The molecule has 1 saturated carbocycles. The van der Waals surface area contributed by atoms with Crippen LogP contribution in [0.4, 0.5) is 0 Å². The molecule has 0 saturated heterocycles. The second-order valence-electron chi connectivity index (χ2n) is 2.86. The van der Waals surface area contributed by atoms with Gasteiger partial charge in [0, 0.05) is 12.8 Å². The Balaban J connectivity index is 2.16. The fraction of sp³-hybridized carbons (Fsp3) is 0.667. The van der Waals surface area contributed by atoms with Gasteiger partial charge in [-0.25, -0.2) is 0 Å². The zero-order chi connectivity index (χ0) is 8.10. The first-order chi connectivity index (χ1) is 5.33. The summed E-state index contributed by atoms with van der Waals surface area (Å²) in [5, 5.41) is 0. The first kappa shape index (κ1) is 8.47. The van der Waals surface area contributed by atoms with Gasteiger partial charge >= 0.3 is 0 Å². The maximum Gasteiger partial charge on any atom is 0.133 e. The number of hydrogen-bond acceptors (Lipinski definition) is 2. The van der Waals surface area contributed by atoms with Crippen molar-refractivity contribution < 1.29 is 9.53 Å². The lowest BCUT2D eigenvalue weighted by Crippen LogP contribution is -2.21. The Labute approximate surface area is 67.2 Å². The Morgan fingerprint density at radius 3 is 2.73 bits per heavy atom. The van der Waals surface area contributed by atoms with Crippen LogP contribution >= 0.6 is 0 Å². The molecule has 0 aromatic rings. The van der Waals surface area contributed by atoms with E-state index >= 15 is 0 Å². The quantitative estimate of drug-likeness (QED) is 0.578. The fourth-order valence-corrected chi connectivity index (χ4v) is 1.28. The number of carbonyl (C=O) groups is 1. The Morgan fingerprint density at radius 2 is 2.18 bits per heavy atom. The van der Waals surface area contributed by atoms with Crippen molar-refractivity contribution in [2.75, 3.05) is 6.61 Å². The number of Topliss-reactive ketones (excluding diaryl/α,β-unsaturated/α-hetero) is 1. The molecule has 0 unspecified atom stereocenters. The van der Waals surface area contributed by atoms with Gasteiger partial charge in [0.25, 0.3) is 0 Å². The van der Waals surface area contributed by atoms with Gasteiger partial charge in [-0.1, -0.05) is 6.08 Å². The van der Waals surface area contributed by atoms with Crippen molar-refractivity contribution in [3.8, 4) is 0 Å². The first-order valence-electron chi connectivity index (χ1n) is 4.07. The van der Waals surface area contributed by atoms with Crippen molar-refractivity contribution in [2.24, 2.45) is 0 Å². The van der Waals surface area contributed by atoms with Gasteiger partial charge < -0.3 is 4.74 Å². The third-order valence-corrected chi connectivity index (χ3v) is 1.94. The van der Waals surface area contributed by atoms with E-state index in [4.69, 9.17) is 4.74 Å². The average molecular weight is 154 g/mol. The standard InChI is InChI=1S/C9H14O2/c1-2-7-11-9-5-3-8(10)4-6-9/h2,9H,1,3-7H2. The number of carbonyl (C=O) groups excluding carboxylic acids is 1. The maximum absolute atomic E-state index is 10.8. The van der Waals surface area contributed by atoms with Crippen LogP contribution in [-0.2, 0) is 9.53 Å². The fourth-order valence-electron chi connectivity index (χ4n) is 1.28. The molecular formula is C9H14O2. The predicted octanol–water partition coefficient (Wildman–Crippen LogP) is 1.70. The van der Waals surface area contributed by atoms with Crippen LogP contribution in [0.1, 0.15) is 25.7 Å². The van der Waals surface area contributed by atoms with Crippen molar-refractivity contribution >= 4 is 5.78 Å². The molecule has 0 radical (unpaired) electrons. The van der Waals surface area contributed by atoms with Crippen LogP contribution in [0.5, 0.6) is 0 Å². The third kappa shape index (κ3) is 2.85. The highest BCUT2D eigenvalue weighted by Gasteiger charge is 2.18.